The summed E-state index contributed by atoms with van der Waals surface area (Å²) in [4.78, 5) is 18.1. The Hall–Kier alpha value is -3.21. The zero-order valence-corrected chi connectivity index (χ0v) is 17.0. The highest BCUT2D eigenvalue weighted by Crippen LogP contribution is 2.38. The molecule has 3 nitrogen and oxygen atoms in total. The number of halogens is 1. The molecule has 0 aliphatic heterocycles. The average molecular weight is 417 g/mol. The van der Waals surface area contributed by atoms with Gasteiger partial charge >= 0.3 is 0 Å². The molecule has 0 radical (unpaired) electrons. The fraction of sp³-hybridized carbons (Fsp3) is 0. The van der Waals surface area contributed by atoms with Gasteiger partial charge in [0.25, 0.3) is 0 Å². The van der Waals surface area contributed by atoms with Gasteiger partial charge in [-0.05, 0) is 29.3 Å². The quantitative estimate of drug-likeness (QED) is 0.364. The van der Waals surface area contributed by atoms with Crippen molar-refractivity contribution < 1.29 is 4.79 Å². The zero-order valence-electron chi connectivity index (χ0n) is 15.4. The third-order valence-electron chi connectivity index (χ3n) is 4.24. The highest BCUT2D eigenvalue weighted by molar-refractivity contribution is 7.19. The van der Waals surface area contributed by atoms with Gasteiger partial charge in [0, 0.05) is 16.7 Å². The average Bonchev–Trinajstić information content (AvgIpc) is 3.18. The van der Waals surface area contributed by atoms with Crippen LogP contribution in [0.15, 0.2) is 91.0 Å². The van der Waals surface area contributed by atoms with E-state index in [4.69, 9.17) is 16.6 Å². The lowest BCUT2D eigenvalue weighted by Gasteiger charge is -2.02. The topological polar surface area (TPSA) is 42.0 Å². The maximum absolute atomic E-state index is 12.4. The van der Waals surface area contributed by atoms with Crippen LogP contribution >= 0.6 is 22.9 Å². The zero-order chi connectivity index (χ0) is 20.1. The van der Waals surface area contributed by atoms with Crippen molar-refractivity contribution in [3.05, 3.63) is 102 Å². The van der Waals surface area contributed by atoms with Crippen LogP contribution in [0.25, 0.3) is 27.8 Å². The van der Waals surface area contributed by atoms with Crippen LogP contribution in [0.3, 0.4) is 0 Å². The molecule has 5 heteroatoms. The number of carbonyl (C=O) groups is 1. The number of thiazole rings is 1. The first-order valence-electron chi connectivity index (χ1n) is 9.05. The number of aromatic nitrogens is 1. The number of nitrogens with zero attached hydrogens (tertiary/aromatic N) is 1. The number of hydrogen-bond acceptors (Lipinski definition) is 3. The first-order chi connectivity index (χ1) is 14.2. The normalized spacial score (nSPS) is 10.9. The molecule has 0 fully saturated rings. The molecule has 0 aliphatic rings. The van der Waals surface area contributed by atoms with E-state index in [-0.39, 0.29) is 5.91 Å². The minimum atomic E-state index is -0.229. The number of hydrogen-bond donors (Lipinski definition) is 1. The molecular formula is C24H17ClN2OS. The Kier molecular flexibility index (Phi) is 5.84. The van der Waals surface area contributed by atoms with Crippen LogP contribution < -0.4 is 5.32 Å². The molecule has 4 rings (SSSR count). The lowest BCUT2D eigenvalue weighted by atomic mass is 10.1. The summed E-state index contributed by atoms with van der Waals surface area (Å²) in [6, 6.07) is 27.4. The van der Waals surface area contributed by atoms with E-state index in [0.29, 0.717) is 10.2 Å². The standard InChI is InChI=1S/C24H17ClN2OS/c25-20-14-11-17(12-15-20)13-16-21(28)26-24-27-22(18-7-3-1-4-8-18)23(29-24)19-9-5-2-6-10-19/h1-16H,(H,26,27,28). The highest BCUT2D eigenvalue weighted by atomic mass is 35.5. The van der Waals surface area contributed by atoms with Gasteiger partial charge in [-0.1, -0.05) is 95.7 Å². The summed E-state index contributed by atoms with van der Waals surface area (Å²) in [7, 11) is 0. The number of carbonyl (C=O) groups excluding carboxylic acids is 1. The molecule has 0 spiro atoms. The van der Waals surface area contributed by atoms with Gasteiger partial charge in [0.1, 0.15) is 0 Å². The maximum Gasteiger partial charge on any atom is 0.250 e. The van der Waals surface area contributed by atoms with Gasteiger partial charge in [0.05, 0.1) is 10.6 Å². The largest absolute Gasteiger partial charge is 0.298 e. The molecule has 3 aromatic carbocycles. The lowest BCUT2D eigenvalue weighted by Crippen LogP contribution is -2.07. The van der Waals surface area contributed by atoms with Crippen LogP contribution in [-0.4, -0.2) is 10.9 Å². The molecule has 1 amide bonds. The molecular weight excluding hydrogens is 400 g/mol. The van der Waals surface area contributed by atoms with Gasteiger partial charge in [0.15, 0.2) is 5.13 Å². The molecule has 0 atom stereocenters. The van der Waals surface area contributed by atoms with Gasteiger partial charge in [-0.3, -0.25) is 10.1 Å². The van der Waals surface area contributed by atoms with E-state index in [0.717, 1.165) is 27.3 Å². The number of benzene rings is 3. The van der Waals surface area contributed by atoms with Crippen LogP contribution in [0.5, 0.6) is 0 Å². The number of rotatable bonds is 5. The summed E-state index contributed by atoms with van der Waals surface area (Å²) in [5, 5.41) is 4.11. The van der Waals surface area contributed by atoms with Crippen LogP contribution in [0.1, 0.15) is 5.56 Å². The molecule has 142 valence electrons. The van der Waals surface area contributed by atoms with E-state index in [9.17, 15) is 4.79 Å². The smallest absolute Gasteiger partial charge is 0.250 e. The molecule has 0 saturated heterocycles. The second-order valence-electron chi connectivity index (χ2n) is 6.30. The molecule has 0 saturated carbocycles. The Morgan fingerprint density at radius 2 is 1.48 bits per heavy atom. The van der Waals surface area contributed by atoms with Crippen molar-refractivity contribution in [3.63, 3.8) is 0 Å². The molecule has 0 bridgehead atoms. The first kappa shape index (κ1) is 19.1. The monoisotopic (exact) mass is 416 g/mol. The minimum absolute atomic E-state index is 0.229. The predicted molar refractivity (Wildman–Crippen MR) is 122 cm³/mol. The van der Waals surface area contributed by atoms with Crippen LogP contribution in [0.4, 0.5) is 5.13 Å². The summed E-state index contributed by atoms with van der Waals surface area (Å²) < 4.78 is 0. The Morgan fingerprint density at radius 1 is 0.862 bits per heavy atom. The maximum atomic E-state index is 12.4. The van der Waals surface area contributed by atoms with Crippen LogP contribution in [0.2, 0.25) is 5.02 Å². The third kappa shape index (κ3) is 4.80. The van der Waals surface area contributed by atoms with E-state index < -0.39 is 0 Å². The molecule has 1 aromatic heterocycles. The van der Waals surface area contributed by atoms with Gasteiger partial charge in [-0.25, -0.2) is 4.98 Å². The molecule has 29 heavy (non-hydrogen) atoms. The fourth-order valence-electron chi connectivity index (χ4n) is 2.84. The lowest BCUT2D eigenvalue weighted by molar-refractivity contribution is -0.111. The minimum Gasteiger partial charge on any atom is -0.298 e. The fourth-order valence-corrected chi connectivity index (χ4v) is 3.97. The van der Waals surface area contributed by atoms with Crippen molar-refractivity contribution in [2.24, 2.45) is 0 Å². The first-order valence-corrected chi connectivity index (χ1v) is 10.2. The summed E-state index contributed by atoms with van der Waals surface area (Å²) >= 11 is 7.35. The SMILES string of the molecule is O=C(C=Cc1ccc(Cl)cc1)Nc1nc(-c2ccccc2)c(-c2ccccc2)s1. The van der Waals surface area contributed by atoms with E-state index in [1.165, 1.54) is 17.4 Å². The molecule has 0 unspecified atom stereocenters. The van der Waals surface area contributed by atoms with Gasteiger partial charge in [-0.15, -0.1) is 0 Å². The second kappa shape index (κ2) is 8.86. The van der Waals surface area contributed by atoms with Gasteiger partial charge in [0.2, 0.25) is 5.91 Å². The van der Waals surface area contributed by atoms with Gasteiger partial charge in [-0.2, -0.15) is 0 Å². The molecule has 4 aromatic rings. The van der Waals surface area contributed by atoms with Gasteiger partial charge < -0.3 is 0 Å². The van der Waals surface area contributed by atoms with Crippen molar-refractivity contribution in [1.82, 2.24) is 4.98 Å². The number of amides is 1. The highest BCUT2D eigenvalue weighted by Gasteiger charge is 2.15. The second-order valence-corrected chi connectivity index (χ2v) is 7.74. The van der Waals surface area contributed by atoms with Crippen molar-refractivity contribution in [3.8, 4) is 21.7 Å². The van der Waals surface area contributed by atoms with Crippen molar-refractivity contribution >= 4 is 40.1 Å². The van der Waals surface area contributed by atoms with Crippen LogP contribution in [-0.2, 0) is 4.79 Å². The summed E-state index contributed by atoms with van der Waals surface area (Å²) in [6.07, 6.45) is 3.24. The van der Waals surface area contributed by atoms with E-state index >= 15 is 0 Å². The Balaban J connectivity index is 1.60. The molecule has 1 heterocycles. The Labute approximate surface area is 178 Å². The Bertz CT molecular complexity index is 1080. The summed E-state index contributed by atoms with van der Waals surface area (Å²) in [5.41, 5.74) is 3.85. The van der Waals surface area contributed by atoms with Crippen LogP contribution in [0, 0.1) is 0 Å². The molecule has 1 N–H and O–H groups in total. The van der Waals surface area contributed by atoms with Crippen molar-refractivity contribution in [1.29, 1.82) is 0 Å². The summed E-state index contributed by atoms with van der Waals surface area (Å²) in [6.45, 7) is 0. The van der Waals surface area contributed by atoms with E-state index in [1.807, 2.05) is 72.8 Å². The van der Waals surface area contributed by atoms with Crippen molar-refractivity contribution in [2.45, 2.75) is 0 Å². The van der Waals surface area contributed by atoms with Crippen molar-refractivity contribution in [2.75, 3.05) is 5.32 Å². The number of anilines is 1. The van der Waals surface area contributed by atoms with E-state index in [1.54, 1.807) is 18.2 Å². The molecule has 0 aliphatic carbocycles. The Morgan fingerprint density at radius 3 is 2.14 bits per heavy atom. The third-order valence-corrected chi connectivity index (χ3v) is 5.51. The van der Waals surface area contributed by atoms with E-state index in [2.05, 4.69) is 5.32 Å². The summed E-state index contributed by atoms with van der Waals surface area (Å²) in [5.74, 6) is -0.229. The predicted octanol–water partition coefficient (Wildman–Crippen LogP) is 6.78. The number of nitrogens with one attached hydrogen (secondary N) is 1.